The van der Waals surface area contributed by atoms with E-state index in [9.17, 15) is 14.4 Å². The van der Waals surface area contributed by atoms with Gasteiger partial charge in [-0.05, 0) is 16.7 Å². The van der Waals surface area contributed by atoms with Gasteiger partial charge in [-0.15, -0.1) is 0 Å². The van der Waals surface area contributed by atoms with Crippen LogP contribution in [0.4, 0.5) is 4.79 Å². The van der Waals surface area contributed by atoms with Crippen molar-refractivity contribution in [1.82, 2.24) is 9.80 Å². The van der Waals surface area contributed by atoms with Gasteiger partial charge in [0.15, 0.2) is 0 Å². The van der Waals surface area contributed by atoms with E-state index in [0.29, 0.717) is 13.0 Å². The summed E-state index contributed by atoms with van der Waals surface area (Å²) in [5.41, 5.74) is 2.97. The maximum atomic E-state index is 13.1. The molecule has 2 aromatic rings. The number of carbonyl (C=O) groups excluding carboxylic acids is 3. The Morgan fingerprint density at radius 2 is 1.74 bits per heavy atom. The number of fused-ring (bicyclic) bond motifs is 2. The van der Waals surface area contributed by atoms with E-state index in [4.69, 9.17) is 4.74 Å². The van der Waals surface area contributed by atoms with Gasteiger partial charge in [0.2, 0.25) is 0 Å². The molecule has 3 amide bonds. The van der Waals surface area contributed by atoms with Crippen LogP contribution >= 0.6 is 0 Å². The number of carbonyl (C=O) groups is 3. The Morgan fingerprint density at radius 3 is 2.44 bits per heavy atom. The molecule has 2 aliphatic heterocycles. The standard InChI is InChI=1S/C21H20N2O4/c1-27-20(25)18(11-14-7-3-2-4-8-14)23-19(24)17-12-15-9-5-6-10-16(15)13-22(17)21(23)26/h2-10,17-18H,11-13H2,1H3/t17-,18-/m1/s1. The summed E-state index contributed by atoms with van der Waals surface area (Å²) in [5.74, 6) is -0.918. The highest BCUT2D eigenvalue weighted by molar-refractivity contribution is 6.07. The summed E-state index contributed by atoms with van der Waals surface area (Å²) < 4.78 is 4.91. The molecule has 0 bridgehead atoms. The monoisotopic (exact) mass is 364 g/mol. The lowest BCUT2D eigenvalue weighted by Gasteiger charge is -2.28. The van der Waals surface area contributed by atoms with Crippen LogP contribution in [-0.2, 0) is 33.7 Å². The summed E-state index contributed by atoms with van der Waals surface area (Å²) in [4.78, 5) is 41.2. The third-order valence-electron chi connectivity index (χ3n) is 5.28. The Balaban J connectivity index is 1.65. The maximum Gasteiger partial charge on any atom is 0.329 e. The lowest BCUT2D eigenvalue weighted by molar-refractivity contribution is -0.149. The van der Waals surface area contributed by atoms with Gasteiger partial charge in [-0.1, -0.05) is 54.6 Å². The van der Waals surface area contributed by atoms with Crippen LogP contribution in [0.15, 0.2) is 54.6 Å². The number of rotatable bonds is 4. The molecular formula is C21H20N2O4. The van der Waals surface area contributed by atoms with Gasteiger partial charge < -0.3 is 9.64 Å². The number of benzene rings is 2. The average molecular weight is 364 g/mol. The topological polar surface area (TPSA) is 66.9 Å². The zero-order valence-corrected chi connectivity index (χ0v) is 15.0. The van der Waals surface area contributed by atoms with E-state index >= 15 is 0 Å². The van der Waals surface area contributed by atoms with Crippen molar-refractivity contribution < 1.29 is 19.1 Å². The molecule has 0 N–H and O–H groups in total. The molecule has 2 atom stereocenters. The number of hydrogen-bond donors (Lipinski definition) is 0. The fraction of sp³-hybridized carbons (Fsp3) is 0.286. The van der Waals surface area contributed by atoms with Gasteiger partial charge in [-0.25, -0.2) is 14.5 Å². The third kappa shape index (κ3) is 2.97. The average Bonchev–Trinajstić information content (AvgIpc) is 2.94. The van der Waals surface area contributed by atoms with E-state index < -0.39 is 24.1 Å². The third-order valence-corrected chi connectivity index (χ3v) is 5.28. The molecule has 6 nitrogen and oxygen atoms in total. The van der Waals surface area contributed by atoms with Crippen LogP contribution in [0, 0.1) is 0 Å². The zero-order valence-electron chi connectivity index (χ0n) is 15.0. The smallest absolute Gasteiger partial charge is 0.329 e. The Kier molecular flexibility index (Phi) is 4.39. The molecular weight excluding hydrogens is 344 g/mol. The minimum absolute atomic E-state index is 0.235. The first-order chi connectivity index (χ1) is 13.1. The number of hydrogen-bond acceptors (Lipinski definition) is 4. The number of ether oxygens (including phenoxy) is 1. The quantitative estimate of drug-likeness (QED) is 0.616. The number of amides is 3. The van der Waals surface area contributed by atoms with Gasteiger partial charge >= 0.3 is 12.0 Å². The fourth-order valence-electron chi connectivity index (χ4n) is 3.88. The van der Waals surface area contributed by atoms with Crippen LogP contribution in [0.1, 0.15) is 16.7 Å². The van der Waals surface area contributed by atoms with E-state index in [1.165, 1.54) is 7.11 Å². The van der Waals surface area contributed by atoms with Gasteiger partial charge in [-0.3, -0.25) is 4.79 Å². The summed E-state index contributed by atoms with van der Waals surface area (Å²) in [6.45, 7) is 0.376. The fourth-order valence-corrected chi connectivity index (χ4v) is 3.88. The van der Waals surface area contributed by atoms with Crippen LogP contribution in [0.5, 0.6) is 0 Å². The van der Waals surface area contributed by atoms with Gasteiger partial charge in [0.1, 0.15) is 12.1 Å². The van der Waals surface area contributed by atoms with Crippen molar-refractivity contribution in [2.75, 3.05) is 7.11 Å². The summed E-state index contributed by atoms with van der Waals surface area (Å²) >= 11 is 0. The largest absolute Gasteiger partial charge is 0.467 e. The summed E-state index contributed by atoms with van der Waals surface area (Å²) in [5, 5.41) is 0. The summed E-state index contributed by atoms with van der Waals surface area (Å²) in [6.07, 6.45) is 0.703. The number of nitrogens with zero attached hydrogens (tertiary/aromatic N) is 2. The van der Waals surface area contributed by atoms with Crippen LogP contribution < -0.4 is 0 Å². The number of imide groups is 1. The van der Waals surface area contributed by atoms with Gasteiger partial charge in [0, 0.05) is 19.4 Å². The van der Waals surface area contributed by atoms with Crippen molar-refractivity contribution in [2.24, 2.45) is 0 Å². The number of urea groups is 1. The van der Waals surface area contributed by atoms with Crippen LogP contribution in [0.3, 0.4) is 0 Å². The van der Waals surface area contributed by atoms with E-state index in [1.807, 2.05) is 54.6 Å². The lowest BCUT2D eigenvalue weighted by atomic mass is 9.94. The molecule has 1 saturated heterocycles. The molecule has 0 spiro atoms. The van der Waals surface area contributed by atoms with Gasteiger partial charge in [-0.2, -0.15) is 0 Å². The summed E-state index contributed by atoms with van der Waals surface area (Å²) in [7, 11) is 1.27. The van der Waals surface area contributed by atoms with Gasteiger partial charge in [0.25, 0.3) is 5.91 Å². The second kappa shape index (κ2) is 6.87. The van der Waals surface area contributed by atoms with E-state index in [2.05, 4.69) is 0 Å². The van der Waals surface area contributed by atoms with Crippen molar-refractivity contribution in [1.29, 1.82) is 0 Å². The van der Waals surface area contributed by atoms with Gasteiger partial charge in [0.05, 0.1) is 7.11 Å². The molecule has 0 unspecified atom stereocenters. The zero-order chi connectivity index (χ0) is 19.0. The first kappa shape index (κ1) is 17.3. The normalized spacial score (nSPS) is 19.5. The van der Waals surface area contributed by atoms with Crippen LogP contribution in [-0.4, -0.2) is 46.9 Å². The SMILES string of the molecule is COC(=O)[C@@H](Cc1ccccc1)N1C(=O)[C@H]2Cc3ccccc3CN2C1=O. The minimum atomic E-state index is -0.967. The van der Waals surface area contributed by atoms with E-state index in [1.54, 1.807) is 4.90 Å². The molecule has 2 aromatic carbocycles. The van der Waals surface area contributed by atoms with Crippen molar-refractivity contribution in [3.63, 3.8) is 0 Å². The molecule has 2 heterocycles. The molecule has 138 valence electrons. The van der Waals surface area contributed by atoms with E-state index in [0.717, 1.165) is 21.6 Å². The molecule has 6 heteroatoms. The Labute approximate surface area is 157 Å². The molecule has 0 radical (unpaired) electrons. The highest BCUT2D eigenvalue weighted by Gasteiger charge is 2.51. The van der Waals surface area contributed by atoms with Crippen molar-refractivity contribution >= 4 is 17.9 Å². The molecule has 1 fully saturated rings. The second-order valence-electron chi connectivity index (χ2n) is 6.84. The molecule has 2 aliphatic rings. The minimum Gasteiger partial charge on any atom is -0.467 e. The lowest BCUT2D eigenvalue weighted by Crippen LogP contribution is -2.47. The first-order valence-corrected chi connectivity index (χ1v) is 8.92. The Morgan fingerprint density at radius 1 is 1.07 bits per heavy atom. The molecule has 27 heavy (non-hydrogen) atoms. The van der Waals surface area contributed by atoms with Crippen LogP contribution in [0.25, 0.3) is 0 Å². The van der Waals surface area contributed by atoms with Crippen molar-refractivity contribution in [3.05, 3.63) is 71.3 Å². The highest BCUT2D eigenvalue weighted by Crippen LogP contribution is 2.31. The number of esters is 1. The molecule has 0 aliphatic carbocycles. The number of methoxy groups -OCH3 is 1. The highest BCUT2D eigenvalue weighted by atomic mass is 16.5. The van der Waals surface area contributed by atoms with Crippen molar-refractivity contribution in [2.45, 2.75) is 31.5 Å². The second-order valence-corrected chi connectivity index (χ2v) is 6.84. The Bertz CT molecular complexity index is 853. The molecule has 4 rings (SSSR count). The first-order valence-electron chi connectivity index (χ1n) is 8.92. The Hall–Kier alpha value is -3.15. The van der Waals surface area contributed by atoms with E-state index in [-0.39, 0.29) is 12.3 Å². The van der Waals surface area contributed by atoms with Crippen LogP contribution in [0.2, 0.25) is 0 Å². The predicted octanol–water partition coefficient (Wildman–Crippen LogP) is 2.16. The molecule has 0 aromatic heterocycles. The van der Waals surface area contributed by atoms with Crippen molar-refractivity contribution in [3.8, 4) is 0 Å². The maximum absolute atomic E-state index is 13.1. The summed E-state index contributed by atoms with van der Waals surface area (Å²) in [6, 6.07) is 15.2. The predicted molar refractivity (Wildman–Crippen MR) is 97.7 cm³/mol. The molecule has 0 saturated carbocycles.